The Hall–Kier alpha value is -0.330. The van der Waals surface area contributed by atoms with Crippen molar-refractivity contribution in [2.45, 2.75) is 58.3 Å². The Morgan fingerprint density at radius 1 is 0.909 bits per heavy atom. The molecule has 0 aliphatic rings. The molecule has 1 nitrogen and oxygen atoms in total. The molecule has 0 saturated carbocycles. The van der Waals surface area contributed by atoms with Gasteiger partial charge in [0.15, 0.2) is 0 Å². The lowest BCUT2D eigenvalue weighted by molar-refractivity contribution is 0.596. The lowest BCUT2D eigenvalue weighted by Crippen LogP contribution is -1.80. The van der Waals surface area contributed by atoms with Gasteiger partial charge in [0.2, 0.25) is 0 Å². The first-order valence-electron chi connectivity index (χ1n) is 4.90. The van der Waals surface area contributed by atoms with Crippen molar-refractivity contribution >= 4 is 6.21 Å². The van der Waals surface area contributed by atoms with E-state index in [9.17, 15) is 0 Å². The van der Waals surface area contributed by atoms with Crippen LogP contribution in [0.5, 0.6) is 0 Å². The number of rotatable bonds is 8. The first-order valence-corrected chi connectivity index (χ1v) is 4.90. The number of hydrogen-bond acceptors (Lipinski definition) is 1. The smallest absolute Gasteiger partial charge is 0.00477 e. The van der Waals surface area contributed by atoms with Crippen LogP contribution in [0.2, 0.25) is 0 Å². The van der Waals surface area contributed by atoms with Gasteiger partial charge in [0.25, 0.3) is 0 Å². The molecule has 0 unspecified atom stereocenters. The van der Waals surface area contributed by atoms with Crippen molar-refractivity contribution in [3.05, 3.63) is 0 Å². The van der Waals surface area contributed by atoms with Crippen molar-refractivity contribution in [1.82, 2.24) is 0 Å². The second-order valence-electron chi connectivity index (χ2n) is 3.11. The lowest BCUT2D eigenvalue weighted by atomic mass is 10.1. The Morgan fingerprint density at radius 3 is 2.00 bits per heavy atom. The zero-order valence-corrected chi connectivity index (χ0v) is 7.73. The summed E-state index contributed by atoms with van der Waals surface area (Å²) in [6.45, 7) is 2.25. The van der Waals surface area contributed by atoms with Crippen LogP contribution in [-0.2, 0) is 0 Å². The van der Waals surface area contributed by atoms with Crippen LogP contribution in [-0.4, -0.2) is 6.21 Å². The van der Waals surface area contributed by atoms with E-state index in [1.807, 2.05) is 0 Å². The minimum atomic E-state index is 0.980. The maximum Gasteiger partial charge on any atom is -0.00477 e. The van der Waals surface area contributed by atoms with Gasteiger partial charge in [-0.2, -0.15) is 0 Å². The van der Waals surface area contributed by atoms with Gasteiger partial charge in [-0.05, 0) is 19.1 Å². The van der Waals surface area contributed by atoms with Crippen LogP contribution >= 0.6 is 0 Å². The van der Waals surface area contributed by atoms with Crippen molar-refractivity contribution < 1.29 is 0 Å². The van der Waals surface area contributed by atoms with Gasteiger partial charge in [0, 0.05) is 0 Å². The Balaban J connectivity index is 2.74. The molecule has 0 saturated heterocycles. The van der Waals surface area contributed by atoms with Crippen LogP contribution in [0.15, 0.2) is 0 Å². The fourth-order valence-corrected chi connectivity index (χ4v) is 1.20. The van der Waals surface area contributed by atoms with E-state index in [1.165, 1.54) is 51.2 Å². The highest BCUT2D eigenvalue weighted by Crippen LogP contribution is 2.07. The van der Waals surface area contributed by atoms with Crippen molar-refractivity contribution in [3.63, 3.8) is 0 Å². The minimum Gasteiger partial charge on any atom is -0.313 e. The average Bonchev–Trinajstić information content (AvgIpc) is 2.03. The van der Waals surface area contributed by atoms with Gasteiger partial charge in [0.1, 0.15) is 0 Å². The summed E-state index contributed by atoms with van der Waals surface area (Å²) < 4.78 is 0. The summed E-state index contributed by atoms with van der Waals surface area (Å²) >= 11 is 0. The van der Waals surface area contributed by atoms with E-state index in [-0.39, 0.29) is 0 Å². The number of hydrogen-bond donors (Lipinski definition) is 1. The summed E-state index contributed by atoms with van der Waals surface area (Å²) in [7, 11) is 0. The SMILES string of the molecule is CCCCCCCCCC=N. The van der Waals surface area contributed by atoms with E-state index >= 15 is 0 Å². The van der Waals surface area contributed by atoms with Crippen molar-refractivity contribution in [2.75, 3.05) is 0 Å². The van der Waals surface area contributed by atoms with Gasteiger partial charge in [0.05, 0.1) is 0 Å². The molecule has 0 fully saturated rings. The van der Waals surface area contributed by atoms with Crippen LogP contribution in [0.3, 0.4) is 0 Å². The maximum absolute atomic E-state index is 6.82. The predicted octanol–water partition coefficient (Wildman–Crippen LogP) is 3.78. The predicted molar refractivity (Wildman–Crippen MR) is 51.4 cm³/mol. The van der Waals surface area contributed by atoms with E-state index in [0.29, 0.717) is 0 Å². The van der Waals surface area contributed by atoms with Gasteiger partial charge in [-0.3, -0.25) is 0 Å². The van der Waals surface area contributed by atoms with Gasteiger partial charge in [-0.25, -0.2) is 0 Å². The van der Waals surface area contributed by atoms with Crippen molar-refractivity contribution in [1.29, 1.82) is 5.41 Å². The highest BCUT2D eigenvalue weighted by Gasteiger charge is 1.88. The Labute approximate surface area is 70.7 Å². The van der Waals surface area contributed by atoms with Gasteiger partial charge in [-0.1, -0.05) is 45.4 Å². The zero-order valence-electron chi connectivity index (χ0n) is 7.73. The molecular weight excluding hydrogens is 134 g/mol. The van der Waals surface area contributed by atoms with Gasteiger partial charge in [-0.15, -0.1) is 0 Å². The van der Waals surface area contributed by atoms with Crippen LogP contribution in [0.1, 0.15) is 58.3 Å². The molecule has 1 heteroatoms. The van der Waals surface area contributed by atoms with Gasteiger partial charge >= 0.3 is 0 Å². The molecule has 0 aromatic carbocycles. The Kier molecular flexibility index (Phi) is 9.38. The third-order valence-electron chi connectivity index (χ3n) is 1.95. The molecule has 0 radical (unpaired) electrons. The Morgan fingerprint density at radius 2 is 1.45 bits per heavy atom. The molecule has 0 aliphatic carbocycles. The normalized spacial score (nSPS) is 9.91. The highest BCUT2D eigenvalue weighted by molar-refractivity contribution is 5.52. The fourth-order valence-electron chi connectivity index (χ4n) is 1.20. The molecule has 0 heterocycles. The van der Waals surface area contributed by atoms with Gasteiger partial charge < -0.3 is 5.41 Å². The molecular formula is C10H21N. The summed E-state index contributed by atoms with van der Waals surface area (Å²) in [5, 5.41) is 6.82. The molecule has 1 N–H and O–H groups in total. The van der Waals surface area contributed by atoms with E-state index in [1.54, 1.807) is 0 Å². The lowest BCUT2D eigenvalue weighted by Gasteiger charge is -1.97. The van der Waals surface area contributed by atoms with Crippen LogP contribution < -0.4 is 0 Å². The van der Waals surface area contributed by atoms with Crippen LogP contribution in [0.25, 0.3) is 0 Å². The van der Waals surface area contributed by atoms with E-state index in [0.717, 1.165) is 6.42 Å². The van der Waals surface area contributed by atoms with E-state index < -0.39 is 0 Å². The molecule has 0 atom stereocenters. The Bertz CT molecular complexity index is 78.9. The fraction of sp³-hybridized carbons (Fsp3) is 0.900. The van der Waals surface area contributed by atoms with Crippen LogP contribution in [0.4, 0.5) is 0 Å². The summed E-state index contributed by atoms with van der Waals surface area (Å²) in [6.07, 6.45) is 11.9. The first-order chi connectivity index (χ1) is 5.41. The maximum atomic E-state index is 6.82. The molecule has 0 aliphatic heterocycles. The number of nitrogens with one attached hydrogen (secondary N) is 1. The summed E-state index contributed by atoms with van der Waals surface area (Å²) in [6, 6.07) is 0. The minimum absolute atomic E-state index is 0.980. The van der Waals surface area contributed by atoms with E-state index in [4.69, 9.17) is 5.41 Å². The van der Waals surface area contributed by atoms with E-state index in [2.05, 4.69) is 6.92 Å². The quantitative estimate of drug-likeness (QED) is 0.407. The summed E-state index contributed by atoms with van der Waals surface area (Å²) in [4.78, 5) is 0. The molecule has 0 aromatic rings. The first kappa shape index (κ1) is 10.7. The topological polar surface area (TPSA) is 23.9 Å². The number of unbranched alkanes of at least 4 members (excludes halogenated alkanes) is 7. The third-order valence-corrected chi connectivity index (χ3v) is 1.95. The largest absolute Gasteiger partial charge is 0.313 e. The summed E-state index contributed by atoms with van der Waals surface area (Å²) in [5.41, 5.74) is 0. The summed E-state index contributed by atoms with van der Waals surface area (Å²) in [5.74, 6) is 0. The second kappa shape index (κ2) is 9.67. The molecule has 66 valence electrons. The zero-order chi connectivity index (χ0) is 8.36. The molecule has 0 bridgehead atoms. The molecule has 0 rings (SSSR count). The molecule has 0 aromatic heterocycles. The molecule has 0 spiro atoms. The standard InChI is InChI=1S/C10H21N/c1-2-3-4-5-6-7-8-9-10-11/h10-11H,2-9H2,1H3. The molecule has 11 heavy (non-hydrogen) atoms. The average molecular weight is 155 g/mol. The molecule has 0 amide bonds. The van der Waals surface area contributed by atoms with Crippen molar-refractivity contribution in [2.24, 2.45) is 0 Å². The van der Waals surface area contributed by atoms with Crippen molar-refractivity contribution in [3.8, 4) is 0 Å². The highest BCUT2D eigenvalue weighted by atomic mass is 14.3. The third kappa shape index (κ3) is 9.67. The second-order valence-corrected chi connectivity index (χ2v) is 3.11. The monoisotopic (exact) mass is 155 g/mol. The van der Waals surface area contributed by atoms with Crippen LogP contribution in [0, 0.1) is 5.41 Å².